The predicted molar refractivity (Wildman–Crippen MR) is 236 cm³/mol. The third-order valence-corrected chi connectivity index (χ3v) is 10.5. The summed E-state index contributed by atoms with van der Waals surface area (Å²) in [5, 5.41) is 0. The van der Waals surface area contributed by atoms with Crippen molar-refractivity contribution in [2.75, 3.05) is 47.5 Å². The van der Waals surface area contributed by atoms with Gasteiger partial charge in [0, 0.05) is 12.8 Å². The number of carbonyl (C=O) groups excluding carboxylic acids is 2. The molecule has 0 aromatic heterocycles. The van der Waals surface area contributed by atoms with E-state index in [9.17, 15) is 19.0 Å². The van der Waals surface area contributed by atoms with Crippen LogP contribution in [0.4, 0.5) is 0 Å². The summed E-state index contributed by atoms with van der Waals surface area (Å²) in [6, 6.07) is 0. The van der Waals surface area contributed by atoms with Crippen molar-refractivity contribution in [3.63, 3.8) is 0 Å². The van der Waals surface area contributed by atoms with E-state index in [0.29, 0.717) is 23.9 Å². The second kappa shape index (κ2) is 39.4. The van der Waals surface area contributed by atoms with Crippen LogP contribution in [0.2, 0.25) is 0 Å². The number of likely N-dealkylation sites (N-methyl/N-ethyl adjacent to an activating group) is 1. The zero-order chi connectivity index (χ0) is 42.1. The van der Waals surface area contributed by atoms with E-state index in [2.05, 4.69) is 62.5 Å². The smallest absolute Gasteiger partial charge is 0.306 e. The Morgan fingerprint density at radius 1 is 0.544 bits per heavy atom. The molecule has 0 fully saturated rings. The van der Waals surface area contributed by atoms with Crippen LogP contribution in [-0.2, 0) is 32.7 Å². The number of nitrogens with zero attached hydrogens (tertiary/aromatic N) is 1. The topological polar surface area (TPSA) is 111 Å². The van der Waals surface area contributed by atoms with Gasteiger partial charge in [0.1, 0.15) is 19.8 Å². The van der Waals surface area contributed by atoms with E-state index in [0.717, 1.165) is 77.0 Å². The van der Waals surface area contributed by atoms with E-state index in [-0.39, 0.29) is 26.1 Å². The molecule has 2 atom stereocenters. The van der Waals surface area contributed by atoms with E-state index in [1.165, 1.54) is 70.6 Å². The lowest BCUT2D eigenvalue weighted by Gasteiger charge is -2.28. The highest BCUT2D eigenvalue weighted by Gasteiger charge is 2.21. The van der Waals surface area contributed by atoms with Crippen LogP contribution in [0, 0.1) is 0 Å². The Bertz CT molecular complexity index is 1110. The van der Waals surface area contributed by atoms with Crippen LogP contribution in [0.15, 0.2) is 48.6 Å². The number of esters is 2. The van der Waals surface area contributed by atoms with E-state index < -0.39 is 32.5 Å². The molecule has 9 nitrogen and oxygen atoms in total. The molecule has 0 aromatic rings. The summed E-state index contributed by atoms with van der Waals surface area (Å²) in [5.74, 6) is -0.857. The molecule has 10 heteroatoms. The van der Waals surface area contributed by atoms with Crippen LogP contribution in [0.5, 0.6) is 0 Å². The molecule has 0 spiro atoms. The first-order valence-corrected chi connectivity index (χ1v) is 24.3. The van der Waals surface area contributed by atoms with Gasteiger partial charge in [0.2, 0.25) is 0 Å². The highest BCUT2D eigenvalue weighted by Crippen LogP contribution is 2.38. The second-order valence-electron chi connectivity index (χ2n) is 16.4. The van der Waals surface area contributed by atoms with Crippen molar-refractivity contribution in [3.8, 4) is 0 Å². The Hall–Kier alpha value is -2.03. The van der Waals surface area contributed by atoms with Gasteiger partial charge in [-0.05, 0) is 70.6 Å². The van der Waals surface area contributed by atoms with Crippen LogP contribution in [0.3, 0.4) is 0 Å². The van der Waals surface area contributed by atoms with Gasteiger partial charge in [-0.1, -0.05) is 152 Å². The number of hydrogen-bond donors (Lipinski definition) is 0. The van der Waals surface area contributed by atoms with Gasteiger partial charge in [-0.25, -0.2) is 0 Å². The molecule has 2 unspecified atom stereocenters. The molecule has 0 aromatic carbocycles. The Morgan fingerprint density at radius 2 is 0.982 bits per heavy atom. The highest BCUT2D eigenvalue weighted by atomic mass is 31.2. The van der Waals surface area contributed by atoms with E-state index in [1.54, 1.807) is 0 Å². The molecule has 0 saturated heterocycles. The minimum atomic E-state index is -4.63. The van der Waals surface area contributed by atoms with Gasteiger partial charge in [0.05, 0.1) is 27.7 Å². The summed E-state index contributed by atoms with van der Waals surface area (Å²) in [7, 11) is 1.15. The molecular weight excluding hydrogens is 737 g/mol. The van der Waals surface area contributed by atoms with Crippen molar-refractivity contribution >= 4 is 19.8 Å². The van der Waals surface area contributed by atoms with Crippen molar-refractivity contribution in [2.45, 2.75) is 193 Å². The summed E-state index contributed by atoms with van der Waals surface area (Å²) in [6.07, 6.45) is 45.7. The Kier molecular flexibility index (Phi) is 38.0. The molecule has 0 N–H and O–H groups in total. The molecule has 0 amide bonds. The van der Waals surface area contributed by atoms with Gasteiger partial charge >= 0.3 is 11.9 Å². The Morgan fingerprint density at radius 3 is 1.49 bits per heavy atom. The lowest BCUT2D eigenvalue weighted by Crippen LogP contribution is -2.37. The van der Waals surface area contributed by atoms with Crippen molar-refractivity contribution in [2.24, 2.45) is 0 Å². The molecule has 0 aliphatic rings. The third-order valence-electron chi connectivity index (χ3n) is 9.55. The fourth-order valence-electron chi connectivity index (χ4n) is 5.96. The van der Waals surface area contributed by atoms with Gasteiger partial charge in [0.15, 0.2) is 6.10 Å². The van der Waals surface area contributed by atoms with E-state index in [1.807, 2.05) is 21.1 Å². The summed E-state index contributed by atoms with van der Waals surface area (Å²) < 4.78 is 33.8. The molecule has 57 heavy (non-hydrogen) atoms. The first kappa shape index (κ1) is 55.0. The Labute approximate surface area is 350 Å². The summed E-state index contributed by atoms with van der Waals surface area (Å²) in [5.41, 5.74) is 0. The van der Waals surface area contributed by atoms with Crippen molar-refractivity contribution in [1.82, 2.24) is 0 Å². The summed E-state index contributed by atoms with van der Waals surface area (Å²) in [4.78, 5) is 37.5. The van der Waals surface area contributed by atoms with Gasteiger partial charge in [0.25, 0.3) is 7.82 Å². The van der Waals surface area contributed by atoms with Crippen molar-refractivity contribution in [3.05, 3.63) is 48.6 Å². The minimum Gasteiger partial charge on any atom is -0.756 e. The van der Waals surface area contributed by atoms with Crippen LogP contribution in [-0.4, -0.2) is 70.0 Å². The van der Waals surface area contributed by atoms with E-state index in [4.69, 9.17) is 18.5 Å². The fourth-order valence-corrected chi connectivity index (χ4v) is 6.69. The predicted octanol–water partition coefficient (Wildman–Crippen LogP) is 12.4. The highest BCUT2D eigenvalue weighted by molar-refractivity contribution is 7.45. The van der Waals surface area contributed by atoms with Crippen LogP contribution in [0.25, 0.3) is 0 Å². The average Bonchev–Trinajstić information content (AvgIpc) is 3.16. The lowest BCUT2D eigenvalue weighted by atomic mass is 10.1. The fraction of sp³-hybridized carbons (Fsp3) is 0.787. The molecular formula is C47H86NO8P. The number of allylic oxidation sites excluding steroid dienone is 8. The normalized spacial score (nSPS) is 14.0. The maximum absolute atomic E-state index is 12.7. The quantitative estimate of drug-likeness (QED) is 0.0197. The molecule has 0 aliphatic carbocycles. The standard InChI is InChI=1S/C47H86NO8P/c1-6-8-10-12-14-16-18-19-20-21-22-23-24-25-26-27-28-29-30-32-34-36-38-40-47(50)56-45(44-55-57(51,52)54-42-41-48(3,4)5)43-53-46(49)39-37-35-33-31-17-15-13-11-9-7-2/h11,13,18-19,21-22,24-25,45H,6-10,12,14-17,20,23,26-44H2,1-5H3/b13-11-,19-18-,22-21-,25-24-. The van der Waals surface area contributed by atoms with Gasteiger partial charge in [-0.3, -0.25) is 14.2 Å². The number of quaternary nitrogens is 1. The van der Waals surface area contributed by atoms with Gasteiger partial charge in [-0.2, -0.15) is 0 Å². The first-order chi connectivity index (χ1) is 27.5. The number of rotatable bonds is 41. The minimum absolute atomic E-state index is 0.0351. The molecule has 332 valence electrons. The number of carbonyl (C=O) groups is 2. The van der Waals surface area contributed by atoms with Gasteiger partial charge < -0.3 is 27.9 Å². The summed E-state index contributed by atoms with van der Waals surface area (Å²) >= 11 is 0. The molecule has 0 radical (unpaired) electrons. The second-order valence-corrected chi connectivity index (χ2v) is 17.8. The zero-order valence-electron chi connectivity index (χ0n) is 37.3. The molecule has 0 heterocycles. The molecule has 0 aliphatic heterocycles. The zero-order valence-corrected chi connectivity index (χ0v) is 38.2. The number of phosphoric ester groups is 1. The van der Waals surface area contributed by atoms with Gasteiger partial charge in [-0.15, -0.1) is 0 Å². The number of phosphoric acid groups is 1. The van der Waals surface area contributed by atoms with Crippen LogP contribution in [0.1, 0.15) is 187 Å². The Balaban J connectivity index is 4.27. The largest absolute Gasteiger partial charge is 0.756 e. The lowest BCUT2D eigenvalue weighted by molar-refractivity contribution is -0.870. The monoisotopic (exact) mass is 824 g/mol. The first-order valence-electron chi connectivity index (χ1n) is 22.8. The number of hydrogen-bond acceptors (Lipinski definition) is 8. The van der Waals surface area contributed by atoms with Crippen LogP contribution >= 0.6 is 7.82 Å². The molecule has 0 rings (SSSR count). The SMILES string of the molecule is CCC/C=C\CCCCCCCC(=O)OCC(COP(=O)([O-])OCC[N+](C)(C)C)OC(=O)CCCCCCCCCC/C=C\C/C=C\C/C=C\CCCCCCC. The van der Waals surface area contributed by atoms with Crippen LogP contribution < -0.4 is 4.89 Å². The average molecular weight is 824 g/mol. The number of unbranched alkanes of at least 4 members (excludes halogenated alkanes) is 19. The van der Waals surface area contributed by atoms with E-state index >= 15 is 0 Å². The van der Waals surface area contributed by atoms with Crippen molar-refractivity contribution in [1.29, 1.82) is 0 Å². The maximum atomic E-state index is 12.7. The maximum Gasteiger partial charge on any atom is 0.306 e. The molecule has 0 bridgehead atoms. The molecule has 0 saturated carbocycles. The summed E-state index contributed by atoms with van der Waals surface area (Å²) in [6.45, 7) is 4.13. The van der Waals surface area contributed by atoms with Crippen molar-refractivity contribution < 1.29 is 42.1 Å². The number of ether oxygens (including phenoxy) is 2. The third kappa shape index (κ3) is 43.4.